The summed E-state index contributed by atoms with van der Waals surface area (Å²) in [6.45, 7) is 1.51. The molecule has 0 aliphatic heterocycles. The summed E-state index contributed by atoms with van der Waals surface area (Å²) >= 11 is 0. The van der Waals surface area contributed by atoms with Crippen LogP contribution in [0.25, 0.3) is 0 Å². The van der Waals surface area contributed by atoms with Gasteiger partial charge in [-0.2, -0.15) is 8.42 Å². The summed E-state index contributed by atoms with van der Waals surface area (Å²) in [6.07, 6.45) is 1.35. The highest BCUT2D eigenvalue weighted by atomic mass is 32.2. The molecule has 0 bridgehead atoms. The van der Waals surface area contributed by atoms with E-state index in [1.165, 1.54) is 31.5 Å². The van der Waals surface area contributed by atoms with Crippen LogP contribution >= 0.6 is 0 Å². The Morgan fingerprint density at radius 3 is 2.26 bits per heavy atom. The molecule has 126 valence electrons. The van der Waals surface area contributed by atoms with Gasteiger partial charge in [0.1, 0.15) is 11.0 Å². The molecule has 1 aromatic heterocycles. The van der Waals surface area contributed by atoms with Crippen molar-refractivity contribution in [1.82, 2.24) is 9.44 Å². The van der Waals surface area contributed by atoms with Crippen molar-refractivity contribution < 1.29 is 21.3 Å². The summed E-state index contributed by atoms with van der Waals surface area (Å²) in [7, 11) is -6.35. The molecule has 2 N–H and O–H groups in total. The first kappa shape index (κ1) is 17.7. The second-order valence-electron chi connectivity index (χ2n) is 4.92. The fourth-order valence-electron chi connectivity index (χ4n) is 1.99. The zero-order chi connectivity index (χ0) is 17.1. The van der Waals surface area contributed by atoms with Gasteiger partial charge in [-0.3, -0.25) is 0 Å². The molecule has 2 rings (SSSR count). The highest BCUT2D eigenvalue weighted by molar-refractivity contribution is 7.91. The van der Waals surface area contributed by atoms with Crippen LogP contribution in [-0.4, -0.2) is 30.4 Å². The Morgan fingerprint density at radius 1 is 1.09 bits per heavy atom. The minimum absolute atomic E-state index is 0.105. The number of furan rings is 1. The van der Waals surface area contributed by atoms with E-state index in [-0.39, 0.29) is 17.2 Å². The van der Waals surface area contributed by atoms with Crippen molar-refractivity contribution in [2.75, 3.05) is 13.6 Å². The molecule has 0 fully saturated rings. The van der Waals surface area contributed by atoms with E-state index in [0.29, 0.717) is 0 Å². The second-order valence-corrected chi connectivity index (χ2v) is 8.75. The van der Waals surface area contributed by atoms with Gasteiger partial charge in [-0.1, -0.05) is 17.7 Å². The molecular weight excluding hydrogens is 340 g/mol. The second kappa shape index (κ2) is 6.83. The number of hydrogen-bond donors (Lipinski definition) is 2. The standard InChI is InChI=1S/C14H18N2O5S2/c1-11-5-7-12(8-6-11)22(17,18)14(13-4-3-9-21-13)10-16-23(19,20)15-2/h3-9,14-16H,10H2,1-2H3. The summed E-state index contributed by atoms with van der Waals surface area (Å²) < 4.78 is 58.2. The SMILES string of the molecule is CNS(=O)(=O)NCC(c1ccco1)S(=O)(=O)c1ccc(C)cc1. The van der Waals surface area contributed by atoms with E-state index in [1.807, 2.05) is 6.92 Å². The monoisotopic (exact) mass is 358 g/mol. The van der Waals surface area contributed by atoms with Crippen LogP contribution in [0.2, 0.25) is 0 Å². The zero-order valence-corrected chi connectivity index (χ0v) is 14.3. The molecular formula is C14H18N2O5S2. The third kappa shape index (κ3) is 4.20. The smallest absolute Gasteiger partial charge is 0.276 e. The fraction of sp³-hybridized carbons (Fsp3) is 0.286. The lowest BCUT2D eigenvalue weighted by atomic mass is 10.2. The van der Waals surface area contributed by atoms with Crippen LogP contribution in [-0.2, 0) is 20.0 Å². The highest BCUT2D eigenvalue weighted by Gasteiger charge is 2.32. The Bertz CT molecular complexity index is 841. The minimum Gasteiger partial charge on any atom is -0.468 e. The van der Waals surface area contributed by atoms with Gasteiger partial charge in [-0.05, 0) is 31.2 Å². The van der Waals surface area contributed by atoms with Crippen LogP contribution in [0.1, 0.15) is 16.6 Å². The van der Waals surface area contributed by atoms with Crippen LogP contribution in [0, 0.1) is 6.92 Å². The molecule has 0 spiro atoms. The Morgan fingerprint density at radius 2 is 1.74 bits per heavy atom. The van der Waals surface area contributed by atoms with Crippen molar-refractivity contribution in [3.63, 3.8) is 0 Å². The van der Waals surface area contributed by atoms with Gasteiger partial charge in [0.25, 0.3) is 10.2 Å². The quantitative estimate of drug-likeness (QED) is 0.772. The molecule has 1 heterocycles. The van der Waals surface area contributed by atoms with E-state index in [9.17, 15) is 16.8 Å². The van der Waals surface area contributed by atoms with Crippen LogP contribution in [0.15, 0.2) is 52.0 Å². The minimum atomic E-state index is -3.82. The molecule has 0 saturated heterocycles. The summed E-state index contributed by atoms with van der Waals surface area (Å²) in [6, 6.07) is 9.41. The lowest BCUT2D eigenvalue weighted by Crippen LogP contribution is -2.38. The molecule has 1 unspecified atom stereocenters. The van der Waals surface area contributed by atoms with E-state index in [2.05, 4.69) is 9.44 Å². The van der Waals surface area contributed by atoms with Crippen molar-refractivity contribution in [1.29, 1.82) is 0 Å². The lowest BCUT2D eigenvalue weighted by Gasteiger charge is -2.16. The normalized spacial score (nSPS) is 13.8. The van der Waals surface area contributed by atoms with E-state index in [1.54, 1.807) is 18.2 Å². The van der Waals surface area contributed by atoms with Gasteiger partial charge in [0.15, 0.2) is 9.84 Å². The maximum absolute atomic E-state index is 12.8. The molecule has 2 aromatic rings. The third-order valence-corrected chi connectivity index (χ3v) is 6.47. The van der Waals surface area contributed by atoms with Crippen molar-refractivity contribution in [2.24, 2.45) is 0 Å². The molecule has 0 saturated carbocycles. The number of benzene rings is 1. The molecule has 0 radical (unpaired) electrons. The molecule has 0 aliphatic rings. The van der Waals surface area contributed by atoms with Crippen LogP contribution in [0.5, 0.6) is 0 Å². The van der Waals surface area contributed by atoms with E-state index < -0.39 is 25.3 Å². The molecule has 23 heavy (non-hydrogen) atoms. The summed E-state index contributed by atoms with van der Waals surface area (Å²) in [5, 5.41) is -1.16. The van der Waals surface area contributed by atoms with Crippen LogP contribution in [0.3, 0.4) is 0 Å². The average molecular weight is 358 g/mol. The van der Waals surface area contributed by atoms with Crippen molar-refractivity contribution >= 4 is 20.0 Å². The fourth-order valence-corrected chi connectivity index (χ4v) is 4.21. The first-order valence-corrected chi connectivity index (χ1v) is 9.81. The summed E-state index contributed by atoms with van der Waals surface area (Å²) in [5.74, 6) is 0.171. The Balaban J connectivity index is 2.39. The first-order valence-electron chi connectivity index (χ1n) is 6.78. The van der Waals surface area contributed by atoms with Gasteiger partial charge in [0.05, 0.1) is 11.2 Å². The Kier molecular flexibility index (Phi) is 5.25. The number of sulfone groups is 1. The number of aryl methyl sites for hydroxylation is 1. The van der Waals surface area contributed by atoms with Gasteiger partial charge < -0.3 is 4.42 Å². The van der Waals surface area contributed by atoms with Crippen LogP contribution < -0.4 is 9.44 Å². The topological polar surface area (TPSA) is 105 Å². The predicted molar refractivity (Wildman–Crippen MR) is 85.8 cm³/mol. The molecule has 1 aromatic carbocycles. The summed E-state index contributed by atoms with van der Waals surface area (Å²) in [4.78, 5) is 0.105. The third-order valence-electron chi connectivity index (χ3n) is 3.31. The van der Waals surface area contributed by atoms with E-state index in [0.717, 1.165) is 5.56 Å². The van der Waals surface area contributed by atoms with Crippen LogP contribution in [0.4, 0.5) is 0 Å². The number of nitrogens with one attached hydrogen (secondary N) is 2. The first-order chi connectivity index (χ1) is 10.8. The molecule has 9 heteroatoms. The van der Waals surface area contributed by atoms with Gasteiger partial charge >= 0.3 is 0 Å². The van der Waals surface area contributed by atoms with Gasteiger partial charge in [-0.15, -0.1) is 0 Å². The maximum Gasteiger partial charge on any atom is 0.276 e. The average Bonchev–Trinajstić information content (AvgIpc) is 3.01. The molecule has 0 aliphatic carbocycles. The number of hydrogen-bond acceptors (Lipinski definition) is 5. The summed E-state index contributed by atoms with van der Waals surface area (Å²) in [5.41, 5.74) is 0.925. The van der Waals surface area contributed by atoms with Crippen molar-refractivity contribution in [2.45, 2.75) is 17.1 Å². The van der Waals surface area contributed by atoms with E-state index in [4.69, 9.17) is 4.42 Å². The largest absolute Gasteiger partial charge is 0.468 e. The van der Waals surface area contributed by atoms with E-state index >= 15 is 0 Å². The van der Waals surface area contributed by atoms with Gasteiger partial charge in [-0.25, -0.2) is 17.9 Å². The Labute approximate surface area is 135 Å². The maximum atomic E-state index is 12.8. The van der Waals surface area contributed by atoms with Crippen molar-refractivity contribution in [3.8, 4) is 0 Å². The highest BCUT2D eigenvalue weighted by Crippen LogP contribution is 2.29. The zero-order valence-electron chi connectivity index (χ0n) is 12.7. The number of rotatable bonds is 7. The predicted octanol–water partition coefficient (Wildman–Crippen LogP) is 1.16. The lowest BCUT2D eigenvalue weighted by molar-refractivity contribution is 0.486. The molecule has 7 nitrogen and oxygen atoms in total. The van der Waals surface area contributed by atoms with Gasteiger partial charge in [0, 0.05) is 13.6 Å². The Hall–Kier alpha value is -1.68. The molecule has 1 atom stereocenters. The van der Waals surface area contributed by atoms with Crippen molar-refractivity contribution in [3.05, 3.63) is 54.0 Å². The molecule has 0 amide bonds. The van der Waals surface area contributed by atoms with Gasteiger partial charge in [0.2, 0.25) is 0 Å².